The van der Waals surface area contributed by atoms with Gasteiger partial charge in [0.2, 0.25) is 0 Å². The summed E-state index contributed by atoms with van der Waals surface area (Å²) in [6.45, 7) is 4.39. The molecule has 0 amide bonds. The van der Waals surface area contributed by atoms with Gasteiger partial charge in [-0.25, -0.2) is 0 Å². The van der Waals surface area contributed by atoms with E-state index in [2.05, 4.69) is 53.2 Å². The second-order valence-electron chi connectivity index (χ2n) is 5.63. The van der Waals surface area contributed by atoms with Crippen LogP contribution >= 0.6 is 0 Å². The Bertz CT molecular complexity index is 696. The van der Waals surface area contributed by atoms with Gasteiger partial charge in [-0.05, 0) is 24.0 Å². The van der Waals surface area contributed by atoms with Gasteiger partial charge in [0.05, 0.1) is 11.4 Å². The van der Waals surface area contributed by atoms with E-state index in [1.165, 1.54) is 16.5 Å². The molecule has 0 aliphatic carbocycles. The number of rotatable bonds is 4. The molecule has 1 N–H and O–H groups in total. The molecule has 3 rings (SSSR count). The van der Waals surface area contributed by atoms with Gasteiger partial charge in [-0.3, -0.25) is 9.97 Å². The van der Waals surface area contributed by atoms with E-state index in [-0.39, 0.29) is 0 Å². The summed E-state index contributed by atoms with van der Waals surface area (Å²) in [6, 6.07) is 8.35. The molecule has 0 saturated carbocycles. The van der Waals surface area contributed by atoms with Crippen LogP contribution in [0.2, 0.25) is 0 Å². The predicted molar refractivity (Wildman–Crippen MR) is 81.7 cm³/mol. The van der Waals surface area contributed by atoms with Crippen molar-refractivity contribution in [1.82, 2.24) is 15.0 Å². The third-order valence-electron chi connectivity index (χ3n) is 3.42. The molecule has 3 aromatic rings. The van der Waals surface area contributed by atoms with Crippen LogP contribution < -0.4 is 0 Å². The molecule has 0 saturated heterocycles. The molecule has 0 aliphatic rings. The van der Waals surface area contributed by atoms with Crippen LogP contribution in [0.3, 0.4) is 0 Å². The molecule has 0 fully saturated rings. The van der Waals surface area contributed by atoms with E-state index in [0.717, 1.165) is 24.2 Å². The number of benzene rings is 1. The molecule has 102 valence electrons. The highest BCUT2D eigenvalue weighted by atomic mass is 14.8. The molecule has 1 aromatic carbocycles. The van der Waals surface area contributed by atoms with Gasteiger partial charge in [0.25, 0.3) is 0 Å². The molecule has 3 nitrogen and oxygen atoms in total. The number of fused-ring (bicyclic) bond motifs is 1. The van der Waals surface area contributed by atoms with Crippen molar-refractivity contribution in [3.8, 4) is 0 Å². The lowest BCUT2D eigenvalue weighted by molar-refractivity contribution is 0.632. The van der Waals surface area contributed by atoms with Gasteiger partial charge < -0.3 is 4.98 Å². The molecule has 0 unspecified atom stereocenters. The van der Waals surface area contributed by atoms with Gasteiger partial charge in [-0.2, -0.15) is 0 Å². The highest BCUT2D eigenvalue weighted by Crippen LogP contribution is 2.19. The van der Waals surface area contributed by atoms with Crippen LogP contribution in [0, 0.1) is 5.92 Å². The SMILES string of the molecule is CC(C)Cc1cnc(Cc2c[nH]c3ccccc23)cn1. The molecule has 3 heteroatoms. The van der Waals surface area contributed by atoms with Crippen LogP contribution in [0.1, 0.15) is 30.8 Å². The van der Waals surface area contributed by atoms with Crippen molar-refractivity contribution in [1.29, 1.82) is 0 Å². The minimum absolute atomic E-state index is 0.615. The van der Waals surface area contributed by atoms with Crippen LogP contribution in [-0.4, -0.2) is 15.0 Å². The summed E-state index contributed by atoms with van der Waals surface area (Å²) in [4.78, 5) is 12.3. The first-order valence-electron chi connectivity index (χ1n) is 7.07. The molecule has 0 aliphatic heterocycles. The van der Waals surface area contributed by atoms with Gasteiger partial charge in [0.1, 0.15) is 0 Å². The monoisotopic (exact) mass is 265 g/mol. The van der Waals surface area contributed by atoms with Gasteiger partial charge >= 0.3 is 0 Å². The number of nitrogens with one attached hydrogen (secondary N) is 1. The van der Waals surface area contributed by atoms with Gasteiger partial charge in [0.15, 0.2) is 0 Å². The first-order chi connectivity index (χ1) is 9.72. The molecule has 0 radical (unpaired) electrons. The Kier molecular flexibility index (Phi) is 3.50. The van der Waals surface area contributed by atoms with Crippen molar-refractivity contribution in [3.05, 3.63) is 59.8 Å². The van der Waals surface area contributed by atoms with Crippen molar-refractivity contribution in [2.24, 2.45) is 5.92 Å². The van der Waals surface area contributed by atoms with Crippen LogP contribution in [-0.2, 0) is 12.8 Å². The number of hydrogen-bond acceptors (Lipinski definition) is 2. The molecular formula is C17H19N3. The molecule has 0 bridgehead atoms. The largest absolute Gasteiger partial charge is 0.361 e. The van der Waals surface area contributed by atoms with Crippen LogP contribution in [0.25, 0.3) is 10.9 Å². The average Bonchev–Trinajstić information content (AvgIpc) is 2.84. The van der Waals surface area contributed by atoms with E-state index in [0.29, 0.717) is 5.92 Å². The smallest absolute Gasteiger partial charge is 0.0631 e. The standard InChI is InChI=1S/C17H19N3/c1-12(2)7-14-10-19-15(11-18-14)8-13-9-20-17-6-4-3-5-16(13)17/h3-6,9-12,20H,7-8H2,1-2H3. The van der Waals surface area contributed by atoms with Crippen LogP contribution in [0.4, 0.5) is 0 Å². The Morgan fingerprint density at radius 1 is 1.05 bits per heavy atom. The average molecular weight is 265 g/mol. The van der Waals surface area contributed by atoms with E-state index < -0.39 is 0 Å². The maximum atomic E-state index is 4.54. The summed E-state index contributed by atoms with van der Waals surface area (Å²) in [5, 5.41) is 1.26. The van der Waals surface area contributed by atoms with Crippen molar-refractivity contribution < 1.29 is 0 Å². The van der Waals surface area contributed by atoms with E-state index in [1.807, 2.05) is 18.5 Å². The first-order valence-corrected chi connectivity index (χ1v) is 7.07. The zero-order valence-electron chi connectivity index (χ0n) is 11.9. The first kappa shape index (κ1) is 12.9. The third kappa shape index (κ3) is 2.72. The number of aromatic nitrogens is 3. The number of hydrogen-bond donors (Lipinski definition) is 1. The Balaban J connectivity index is 1.80. The molecule has 2 aromatic heterocycles. The fraction of sp³-hybridized carbons (Fsp3) is 0.294. The zero-order valence-corrected chi connectivity index (χ0v) is 11.9. The number of para-hydroxylation sites is 1. The number of aromatic amines is 1. The lowest BCUT2D eigenvalue weighted by atomic mass is 10.1. The zero-order chi connectivity index (χ0) is 13.9. The highest BCUT2D eigenvalue weighted by Gasteiger charge is 2.06. The van der Waals surface area contributed by atoms with Crippen molar-refractivity contribution in [2.45, 2.75) is 26.7 Å². The van der Waals surface area contributed by atoms with E-state index in [4.69, 9.17) is 0 Å². The van der Waals surface area contributed by atoms with E-state index in [1.54, 1.807) is 0 Å². The predicted octanol–water partition coefficient (Wildman–Crippen LogP) is 3.75. The third-order valence-corrected chi connectivity index (χ3v) is 3.42. The molecular weight excluding hydrogens is 246 g/mol. The molecule has 20 heavy (non-hydrogen) atoms. The van der Waals surface area contributed by atoms with Crippen molar-refractivity contribution in [2.75, 3.05) is 0 Å². The second-order valence-corrected chi connectivity index (χ2v) is 5.63. The summed E-state index contributed by atoms with van der Waals surface area (Å²) in [6.07, 6.45) is 7.68. The summed E-state index contributed by atoms with van der Waals surface area (Å²) < 4.78 is 0. The van der Waals surface area contributed by atoms with Gasteiger partial charge in [0, 0.05) is 35.9 Å². The Labute approximate surface area is 119 Å². The van der Waals surface area contributed by atoms with Crippen molar-refractivity contribution in [3.63, 3.8) is 0 Å². The highest BCUT2D eigenvalue weighted by molar-refractivity contribution is 5.83. The molecule has 0 spiro atoms. The Morgan fingerprint density at radius 2 is 1.80 bits per heavy atom. The van der Waals surface area contributed by atoms with E-state index >= 15 is 0 Å². The molecule has 2 heterocycles. The summed E-state index contributed by atoms with van der Waals surface area (Å²) >= 11 is 0. The van der Waals surface area contributed by atoms with Gasteiger partial charge in [-0.15, -0.1) is 0 Å². The lowest BCUT2D eigenvalue weighted by Gasteiger charge is -2.04. The Morgan fingerprint density at radius 3 is 2.55 bits per heavy atom. The maximum Gasteiger partial charge on any atom is 0.0631 e. The fourth-order valence-electron chi connectivity index (χ4n) is 2.47. The number of nitrogens with zero attached hydrogens (tertiary/aromatic N) is 2. The quantitative estimate of drug-likeness (QED) is 0.780. The Hall–Kier alpha value is -2.16. The van der Waals surface area contributed by atoms with Crippen molar-refractivity contribution >= 4 is 10.9 Å². The van der Waals surface area contributed by atoms with Gasteiger partial charge in [-0.1, -0.05) is 32.0 Å². The second kappa shape index (κ2) is 5.45. The summed E-state index contributed by atoms with van der Waals surface area (Å²) in [7, 11) is 0. The maximum absolute atomic E-state index is 4.54. The summed E-state index contributed by atoms with van der Waals surface area (Å²) in [5.41, 5.74) is 4.53. The summed E-state index contributed by atoms with van der Waals surface area (Å²) in [5.74, 6) is 0.615. The van der Waals surface area contributed by atoms with Crippen LogP contribution in [0.5, 0.6) is 0 Å². The van der Waals surface area contributed by atoms with Crippen LogP contribution in [0.15, 0.2) is 42.9 Å². The topological polar surface area (TPSA) is 41.6 Å². The lowest BCUT2D eigenvalue weighted by Crippen LogP contribution is -2.00. The minimum atomic E-state index is 0.615. The normalized spacial score (nSPS) is 11.3. The number of H-pyrrole nitrogens is 1. The minimum Gasteiger partial charge on any atom is -0.361 e. The fourth-order valence-corrected chi connectivity index (χ4v) is 2.47. The van der Waals surface area contributed by atoms with E-state index in [9.17, 15) is 0 Å². The molecule has 0 atom stereocenters.